The number of nitrogen functional groups attached to an aromatic ring is 1. The first-order chi connectivity index (χ1) is 9.51. The molecule has 0 spiro atoms. The van der Waals surface area contributed by atoms with Crippen LogP contribution >= 0.6 is 15.9 Å². The molecule has 20 heavy (non-hydrogen) atoms. The third-order valence-corrected chi connectivity index (χ3v) is 3.28. The summed E-state index contributed by atoms with van der Waals surface area (Å²) >= 11 is 3.35. The third kappa shape index (κ3) is 2.98. The summed E-state index contributed by atoms with van der Waals surface area (Å²) in [5.74, 6) is -0.292. The highest BCUT2D eigenvalue weighted by Gasteiger charge is 2.11. The number of halogens is 1. The molecule has 2 aromatic rings. The van der Waals surface area contributed by atoms with E-state index in [4.69, 9.17) is 11.0 Å². The minimum Gasteiger partial charge on any atom is -0.397 e. The van der Waals surface area contributed by atoms with E-state index in [1.165, 1.54) is 0 Å². The SMILES string of the molecule is Cc1cc(Br)cc(N)c1NC(=O)c1cccc(C#N)c1. The van der Waals surface area contributed by atoms with Crippen LogP contribution in [0.3, 0.4) is 0 Å². The van der Waals surface area contributed by atoms with E-state index in [-0.39, 0.29) is 5.91 Å². The van der Waals surface area contributed by atoms with Gasteiger partial charge in [0.15, 0.2) is 0 Å². The smallest absolute Gasteiger partial charge is 0.255 e. The number of carbonyl (C=O) groups excluding carboxylic acids is 1. The predicted molar refractivity (Wildman–Crippen MR) is 82.4 cm³/mol. The molecule has 0 aromatic heterocycles. The summed E-state index contributed by atoms with van der Waals surface area (Å²) in [5, 5.41) is 11.6. The zero-order valence-electron chi connectivity index (χ0n) is 10.8. The molecule has 0 saturated carbocycles. The van der Waals surface area contributed by atoms with Crippen LogP contribution in [0.5, 0.6) is 0 Å². The lowest BCUT2D eigenvalue weighted by Gasteiger charge is -2.12. The number of anilines is 2. The second kappa shape index (κ2) is 5.76. The zero-order valence-corrected chi connectivity index (χ0v) is 12.4. The van der Waals surface area contributed by atoms with Gasteiger partial charge in [-0.05, 0) is 42.8 Å². The van der Waals surface area contributed by atoms with Crippen LogP contribution in [0.15, 0.2) is 40.9 Å². The van der Waals surface area contributed by atoms with Crippen LogP contribution in [0, 0.1) is 18.3 Å². The van der Waals surface area contributed by atoms with Crippen molar-refractivity contribution in [3.05, 3.63) is 57.6 Å². The second-order valence-electron chi connectivity index (χ2n) is 4.33. The Bertz CT molecular complexity index is 696. The molecule has 2 rings (SSSR count). The molecule has 5 heteroatoms. The summed E-state index contributed by atoms with van der Waals surface area (Å²) in [4.78, 5) is 12.2. The molecule has 0 heterocycles. The van der Waals surface area contributed by atoms with Crippen molar-refractivity contribution in [3.8, 4) is 6.07 Å². The number of benzene rings is 2. The summed E-state index contributed by atoms with van der Waals surface area (Å²) in [6.07, 6.45) is 0. The number of aryl methyl sites for hydroxylation is 1. The Morgan fingerprint density at radius 3 is 2.75 bits per heavy atom. The van der Waals surface area contributed by atoms with E-state index in [0.29, 0.717) is 22.5 Å². The molecule has 0 saturated heterocycles. The summed E-state index contributed by atoms with van der Waals surface area (Å²) in [7, 11) is 0. The standard InChI is InChI=1S/C15H12BrN3O/c1-9-5-12(16)7-13(18)14(9)19-15(20)11-4-2-3-10(6-11)8-17/h2-7H,18H2,1H3,(H,19,20). The Morgan fingerprint density at radius 1 is 1.35 bits per heavy atom. The minimum atomic E-state index is -0.292. The topological polar surface area (TPSA) is 78.9 Å². The van der Waals surface area contributed by atoms with Crippen LogP contribution in [0.4, 0.5) is 11.4 Å². The Morgan fingerprint density at radius 2 is 2.10 bits per heavy atom. The number of nitrogens with zero attached hydrogens (tertiary/aromatic N) is 1. The highest BCUT2D eigenvalue weighted by atomic mass is 79.9. The maximum atomic E-state index is 12.2. The van der Waals surface area contributed by atoms with Crippen LogP contribution in [-0.2, 0) is 0 Å². The summed E-state index contributed by atoms with van der Waals surface area (Å²) in [6.45, 7) is 1.86. The summed E-state index contributed by atoms with van der Waals surface area (Å²) < 4.78 is 0.858. The Hall–Kier alpha value is -2.32. The lowest BCUT2D eigenvalue weighted by Crippen LogP contribution is -2.14. The number of nitrogens with two attached hydrogens (primary N) is 1. The van der Waals surface area contributed by atoms with Crippen molar-refractivity contribution in [2.75, 3.05) is 11.1 Å². The lowest BCUT2D eigenvalue weighted by molar-refractivity contribution is 0.102. The molecule has 0 aliphatic heterocycles. The van der Waals surface area contributed by atoms with Crippen molar-refractivity contribution < 1.29 is 4.79 Å². The van der Waals surface area contributed by atoms with E-state index in [1.807, 2.05) is 19.1 Å². The number of amides is 1. The average molecular weight is 330 g/mol. The lowest BCUT2D eigenvalue weighted by atomic mass is 10.1. The van der Waals surface area contributed by atoms with Gasteiger partial charge in [0.25, 0.3) is 5.91 Å². The largest absolute Gasteiger partial charge is 0.397 e. The van der Waals surface area contributed by atoms with Crippen LogP contribution in [0.1, 0.15) is 21.5 Å². The Balaban J connectivity index is 2.31. The highest BCUT2D eigenvalue weighted by Crippen LogP contribution is 2.28. The van der Waals surface area contributed by atoms with Crippen molar-refractivity contribution in [2.45, 2.75) is 6.92 Å². The number of hydrogen-bond donors (Lipinski definition) is 2. The minimum absolute atomic E-state index is 0.292. The van der Waals surface area contributed by atoms with Crippen LogP contribution in [-0.4, -0.2) is 5.91 Å². The number of rotatable bonds is 2. The van der Waals surface area contributed by atoms with Crippen molar-refractivity contribution in [1.29, 1.82) is 5.26 Å². The first-order valence-electron chi connectivity index (χ1n) is 5.88. The van der Waals surface area contributed by atoms with Gasteiger partial charge in [-0.3, -0.25) is 4.79 Å². The van der Waals surface area contributed by atoms with E-state index in [0.717, 1.165) is 10.0 Å². The van der Waals surface area contributed by atoms with Gasteiger partial charge in [-0.1, -0.05) is 22.0 Å². The number of nitriles is 1. The Kier molecular flexibility index (Phi) is 4.06. The maximum absolute atomic E-state index is 12.2. The molecule has 0 atom stereocenters. The summed E-state index contributed by atoms with van der Waals surface area (Å²) in [6, 6.07) is 12.1. The molecule has 100 valence electrons. The molecule has 1 amide bonds. The molecule has 0 fully saturated rings. The maximum Gasteiger partial charge on any atom is 0.255 e. The molecule has 0 aliphatic rings. The van der Waals surface area contributed by atoms with Gasteiger partial charge in [0, 0.05) is 10.0 Å². The van der Waals surface area contributed by atoms with Gasteiger partial charge in [-0.15, -0.1) is 0 Å². The van der Waals surface area contributed by atoms with E-state index in [9.17, 15) is 4.79 Å². The first-order valence-corrected chi connectivity index (χ1v) is 6.67. The predicted octanol–water partition coefficient (Wildman–Crippen LogP) is 3.46. The van der Waals surface area contributed by atoms with Crippen molar-refractivity contribution in [1.82, 2.24) is 0 Å². The van der Waals surface area contributed by atoms with Gasteiger partial charge in [-0.25, -0.2) is 0 Å². The van der Waals surface area contributed by atoms with Crippen LogP contribution < -0.4 is 11.1 Å². The van der Waals surface area contributed by atoms with Gasteiger partial charge in [0.1, 0.15) is 0 Å². The van der Waals surface area contributed by atoms with E-state index in [2.05, 4.69) is 21.2 Å². The van der Waals surface area contributed by atoms with Gasteiger partial charge in [-0.2, -0.15) is 5.26 Å². The molecular weight excluding hydrogens is 318 g/mol. The number of hydrogen-bond acceptors (Lipinski definition) is 3. The van der Waals surface area contributed by atoms with Crippen molar-refractivity contribution >= 4 is 33.2 Å². The normalized spacial score (nSPS) is 9.85. The monoisotopic (exact) mass is 329 g/mol. The fraction of sp³-hybridized carbons (Fsp3) is 0.0667. The van der Waals surface area contributed by atoms with Crippen molar-refractivity contribution in [3.63, 3.8) is 0 Å². The fourth-order valence-electron chi connectivity index (χ4n) is 1.86. The van der Waals surface area contributed by atoms with Crippen molar-refractivity contribution in [2.24, 2.45) is 0 Å². The van der Waals surface area contributed by atoms with Gasteiger partial charge in [0.05, 0.1) is 23.0 Å². The molecule has 0 radical (unpaired) electrons. The molecular formula is C15H12BrN3O. The first kappa shape index (κ1) is 14.1. The summed E-state index contributed by atoms with van der Waals surface area (Å²) in [5.41, 5.74) is 8.71. The van der Waals surface area contributed by atoms with E-state index in [1.54, 1.807) is 30.3 Å². The van der Waals surface area contributed by atoms with Gasteiger partial charge < -0.3 is 11.1 Å². The molecule has 0 bridgehead atoms. The number of carbonyl (C=O) groups is 1. The average Bonchev–Trinajstić information content (AvgIpc) is 2.42. The molecule has 3 N–H and O–H groups in total. The van der Waals surface area contributed by atoms with Crippen LogP contribution in [0.25, 0.3) is 0 Å². The third-order valence-electron chi connectivity index (χ3n) is 2.82. The van der Waals surface area contributed by atoms with Gasteiger partial charge in [0.2, 0.25) is 0 Å². The highest BCUT2D eigenvalue weighted by molar-refractivity contribution is 9.10. The quantitative estimate of drug-likeness (QED) is 0.828. The second-order valence-corrected chi connectivity index (χ2v) is 5.25. The zero-order chi connectivity index (χ0) is 14.7. The Labute approximate surface area is 125 Å². The van der Waals surface area contributed by atoms with E-state index < -0.39 is 0 Å². The van der Waals surface area contributed by atoms with Crippen LogP contribution in [0.2, 0.25) is 0 Å². The molecule has 0 unspecified atom stereocenters. The molecule has 4 nitrogen and oxygen atoms in total. The number of nitrogens with one attached hydrogen (secondary N) is 1. The molecule has 2 aromatic carbocycles. The fourth-order valence-corrected chi connectivity index (χ4v) is 2.45. The van der Waals surface area contributed by atoms with E-state index >= 15 is 0 Å². The molecule has 0 aliphatic carbocycles. The van der Waals surface area contributed by atoms with Gasteiger partial charge >= 0.3 is 0 Å².